The van der Waals surface area contributed by atoms with E-state index in [0.717, 1.165) is 16.9 Å². The van der Waals surface area contributed by atoms with Crippen molar-refractivity contribution in [2.75, 3.05) is 26.9 Å². The quantitative estimate of drug-likeness (QED) is 0.648. The highest BCUT2D eigenvalue weighted by molar-refractivity contribution is 5.77. The zero-order valence-corrected chi connectivity index (χ0v) is 15.3. The van der Waals surface area contributed by atoms with E-state index >= 15 is 0 Å². The molecule has 8 nitrogen and oxygen atoms in total. The van der Waals surface area contributed by atoms with E-state index in [1.807, 2.05) is 18.2 Å². The van der Waals surface area contributed by atoms with Gasteiger partial charge in [0, 0.05) is 19.2 Å². The zero-order chi connectivity index (χ0) is 19.3. The Hall–Kier alpha value is -3.55. The van der Waals surface area contributed by atoms with Gasteiger partial charge in [0.2, 0.25) is 12.3 Å². The first-order valence-electron chi connectivity index (χ1n) is 8.81. The second-order valence-corrected chi connectivity index (χ2v) is 6.28. The molecule has 8 heteroatoms. The number of fused-ring (bicyclic) bond motifs is 1. The number of hydrogen-bond acceptors (Lipinski definition) is 7. The maximum absolute atomic E-state index is 12.4. The summed E-state index contributed by atoms with van der Waals surface area (Å²) in [6.07, 6.45) is 1.27. The molecule has 0 fully saturated rings. The fourth-order valence-electron chi connectivity index (χ4n) is 2.80. The molecule has 1 aliphatic heterocycles. The first kappa shape index (κ1) is 17.8. The molecule has 4 rings (SSSR count). The monoisotopic (exact) mass is 381 g/mol. The largest absolute Gasteiger partial charge is 0.486 e. The van der Waals surface area contributed by atoms with Gasteiger partial charge in [-0.15, -0.1) is 10.2 Å². The van der Waals surface area contributed by atoms with Crippen LogP contribution in [-0.2, 0) is 11.3 Å². The van der Waals surface area contributed by atoms with Crippen LogP contribution < -0.4 is 14.2 Å². The molecule has 0 atom stereocenters. The molecule has 0 spiro atoms. The van der Waals surface area contributed by atoms with Crippen LogP contribution in [0, 0.1) is 0 Å². The van der Waals surface area contributed by atoms with E-state index in [2.05, 4.69) is 10.2 Å². The molecule has 0 saturated heterocycles. The van der Waals surface area contributed by atoms with Crippen molar-refractivity contribution in [3.63, 3.8) is 0 Å². The van der Waals surface area contributed by atoms with E-state index in [-0.39, 0.29) is 12.5 Å². The molecule has 1 amide bonds. The summed E-state index contributed by atoms with van der Waals surface area (Å²) in [6, 6.07) is 12.8. The van der Waals surface area contributed by atoms with Gasteiger partial charge in [-0.1, -0.05) is 6.07 Å². The summed E-state index contributed by atoms with van der Waals surface area (Å²) in [6.45, 7) is 1.48. The topological polar surface area (TPSA) is 86.9 Å². The molecule has 1 aliphatic rings. The fourth-order valence-corrected chi connectivity index (χ4v) is 2.80. The Bertz CT molecular complexity index is 941. The predicted molar refractivity (Wildman–Crippen MR) is 99.1 cm³/mol. The number of rotatable bonds is 6. The van der Waals surface area contributed by atoms with E-state index in [4.69, 9.17) is 18.6 Å². The summed E-state index contributed by atoms with van der Waals surface area (Å²) in [5, 5.41) is 7.49. The van der Waals surface area contributed by atoms with Gasteiger partial charge in [0.25, 0.3) is 5.91 Å². The van der Waals surface area contributed by atoms with Crippen molar-refractivity contribution in [3.8, 4) is 28.7 Å². The second kappa shape index (κ2) is 7.99. The predicted octanol–water partition coefficient (Wildman–Crippen LogP) is 2.55. The number of likely N-dealkylation sites (N-methyl/N-ethyl adjacent to an activating group) is 1. The molecule has 2 heterocycles. The standard InChI is InChI=1S/C20H19N3O5/c1-23(11-14-2-7-17-18(10-14)26-9-8-25-17)19(24)12-27-16-5-3-15(4-6-16)20-22-21-13-28-20/h2-7,10,13H,8-9,11-12H2,1H3. The highest BCUT2D eigenvalue weighted by Crippen LogP contribution is 2.31. The number of hydrogen-bond donors (Lipinski definition) is 0. The lowest BCUT2D eigenvalue weighted by Gasteiger charge is -2.21. The molecule has 2 aromatic carbocycles. The Morgan fingerprint density at radius 2 is 1.89 bits per heavy atom. The third-order valence-corrected chi connectivity index (χ3v) is 4.28. The number of carbonyl (C=O) groups excluding carboxylic acids is 1. The molecule has 0 radical (unpaired) electrons. The average molecular weight is 381 g/mol. The van der Waals surface area contributed by atoms with Gasteiger partial charge in [-0.2, -0.15) is 0 Å². The molecule has 0 aliphatic carbocycles. The van der Waals surface area contributed by atoms with Gasteiger partial charge in [0.1, 0.15) is 19.0 Å². The highest BCUT2D eigenvalue weighted by Gasteiger charge is 2.15. The van der Waals surface area contributed by atoms with Gasteiger partial charge in [0.05, 0.1) is 0 Å². The number of amides is 1. The Kier molecular flexibility index (Phi) is 5.09. The van der Waals surface area contributed by atoms with Gasteiger partial charge in [-0.3, -0.25) is 4.79 Å². The van der Waals surface area contributed by atoms with Crippen molar-refractivity contribution in [1.29, 1.82) is 0 Å². The smallest absolute Gasteiger partial charge is 0.260 e. The van der Waals surface area contributed by atoms with Crippen LogP contribution in [0.2, 0.25) is 0 Å². The van der Waals surface area contributed by atoms with Crippen molar-refractivity contribution in [3.05, 3.63) is 54.4 Å². The van der Waals surface area contributed by atoms with E-state index < -0.39 is 0 Å². The maximum atomic E-state index is 12.4. The lowest BCUT2D eigenvalue weighted by molar-refractivity contribution is -0.132. The third-order valence-electron chi connectivity index (χ3n) is 4.28. The van der Waals surface area contributed by atoms with Crippen molar-refractivity contribution in [2.24, 2.45) is 0 Å². The van der Waals surface area contributed by atoms with Gasteiger partial charge < -0.3 is 23.5 Å². The molecule has 0 bridgehead atoms. The number of aromatic nitrogens is 2. The normalized spacial score (nSPS) is 12.5. The van der Waals surface area contributed by atoms with Crippen LogP contribution in [0.1, 0.15) is 5.56 Å². The molecule has 28 heavy (non-hydrogen) atoms. The number of ether oxygens (including phenoxy) is 3. The van der Waals surface area contributed by atoms with Crippen molar-refractivity contribution in [1.82, 2.24) is 15.1 Å². The Balaban J connectivity index is 1.31. The van der Waals surface area contributed by atoms with Crippen molar-refractivity contribution in [2.45, 2.75) is 6.54 Å². The van der Waals surface area contributed by atoms with E-state index in [1.54, 1.807) is 36.2 Å². The summed E-state index contributed by atoms with van der Waals surface area (Å²) in [5.74, 6) is 2.33. The summed E-state index contributed by atoms with van der Waals surface area (Å²) in [5.41, 5.74) is 1.75. The van der Waals surface area contributed by atoms with Crippen LogP contribution in [0.4, 0.5) is 0 Å². The van der Waals surface area contributed by atoms with Crippen LogP contribution in [0.3, 0.4) is 0 Å². The SMILES string of the molecule is CN(Cc1ccc2c(c1)OCCO2)C(=O)COc1ccc(-c2nnco2)cc1. The number of benzene rings is 2. The summed E-state index contributed by atoms with van der Waals surface area (Å²) < 4.78 is 21.8. The Morgan fingerprint density at radius 1 is 1.11 bits per heavy atom. The molecule has 1 aromatic heterocycles. The minimum Gasteiger partial charge on any atom is -0.486 e. The number of nitrogens with zero attached hydrogens (tertiary/aromatic N) is 3. The molecule has 3 aromatic rings. The molecule has 144 valence electrons. The fraction of sp³-hybridized carbons (Fsp3) is 0.250. The van der Waals surface area contributed by atoms with Crippen molar-refractivity contribution < 1.29 is 23.4 Å². The van der Waals surface area contributed by atoms with Gasteiger partial charge in [0.15, 0.2) is 18.1 Å². The lowest BCUT2D eigenvalue weighted by Crippen LogP contribution is -2.31. The van der Waals surface area contributed by atoms with Crippen LogP contribution in [0.5, 0.6) is 17.2 Å². The second-order valence-electron chi connectivity index (χ2n) is 6.28. The summed E-state index contributed by atoms with van der Waals surface area (Å²) in [4.78, 5) is 14.0. The first-order valence-corrected chi connectivity index (χ1v) is 8.81. The van der Waals surface area contributed by atoms with Crippen LogP contribution in [-0.4, -0.2) is 47.9 Å². The Labute approximate surface area is 161 Å². The van der Waals surface area contributed by atoms with E-state index in [0.29, 0.717) is 37.1 Å². The lowest BCUT2D eigenvalue weighted by atomic mass is 10.2. The molecule has 0 N–H and O–H groups in total. The minimum absolute atomic E-state index is 0.0546. The molecular weight excluding hydrogens is 362 g/mol. The van der Waals surface area contributed by atoms with Crippen LogP contribution in [0.25, 0.3) is 11.5 Å². The minimum atomic E-state index is -0.129. The third kappa shape index (κ3) is 4.06. The first-order chi connectivity index (χ1) is 13.7. The number of carbonyl (C=O) groups is 1. The Morgan fingerprint density at radius 3 is 2.64 bits per heavy atom. The molecular formula is C20H19N3O5. The molecule has 0 unspecified atom stereocenters. The van der Waals surface area contributed by atoms with Crippen molar-refractivity contribution >= 4 is 5.91 Å². The highest BCUT2D eigenvalue weighted by atomic mass is 16.6. The van der Waals surface area contributed by atoms with E-state index in [9.17, 15) is 4.79 Å². The van der Waals surface area contributed by atoms with Crippen LogP contribution >= 0.6 is 0 Å². The summed E-state index contributed by atoms with van der Waals surface area (Å²) in [7, 11) is 1.74. The zero-order valence-electron chi connectivity index (χ0n) is 15.3. The van der Waals surface area contributed by atoms with Gasteiger partial charge in [-0.25, -0.2) is 0 Å². The van der Waals surface area contributed by atoms with E-state index in [1.165, 1.54) is 6.39 Å². The summed E-state index contributed by atoms with van der Waals surface area (Å²) >= 11 is 0. The van der Waals surface area contributed by atoms with Crippen LogP contribution in [0.15, 0.2) is 53.3 Å². The van der Waals surface area contributed by atoms with Gasteiger partial charge >= 0.3 is 0 Å². The maximum Gasteiger partial charge on any atom is 0.260 e. The van der Waals surface area contributed by atoms with Gasteiger partial charge in [-0.05, 0) is 42.0 Å². The molecule has 0 saturated carbocycles. The average Bonchev–Trinajstić information content (AvgIpc) is 3.27.